The molecule has 0 unspecified atom stereocenters. The highest BCUT2D eigenvalue weighted by atomic mass is 35.7. The summed E-state index contributed by atoms with van der Waals surface area (Å²) in [6.07, 6.45) is 0. The Morgan fingerprint density at radius 2 is 1.93 bits per heavy atom. The van der Waals surface area contributed by atoms with Crippen LogP contribution in [0.3, 0.4) is 0 Å². The predicted molar refractivity (Wildman–Crippen MR) is 59.5 cm³/mol. The smallest absolute Gasteiger partial charge is 0.252 e. The molecule has 0 saturated heterocycles. The first-order chi connectivity index (χ1) is 6.98. The van der Waals surface area contributed by atoms with E-state index in [1.165, 1.54) is 0 Å². The minimum Gasteiger partial charge on any atom is -0.252 e. The van der Waals surface area contributed by atoms with Gasteiger partial charge in [0.1, 0.15) is 4.90 Å². The molecule has 2 aromatic rings. The summed E-state index contributed by atoms with van der Waals surface area (Å²) in [5, 5.41) is 0.766. The average Bonchev–Trinajstić information content (AvgIpc) is 2.15. The van der Waals surface area contributed by atoms with Gasteiger partial charge in [-0.15, -0.1) is 0 Å². The van der Waals surface area contributed by atoms with Gasteiger partial charge in [0, 0.05) is 16.1 Å². The van der Waals surface area contributed by atoms with E-state index in [1.807, 2.05) is 18.2 Å². The molecule has 0 saturated carbocycles. The quantitative estimate of drug-likeness (QED) is 0.721. The van der Waals surface area contributed by atoms with Crippen molar-refractivity contribution in [3.8, 4) is 0 Å². The van der Waals surface area contributed by atoms with Gasteiger partial charge in [-0.1, -0.05) is 18.2 Å². The third-order valence-corrected chi connectivity index (χ3v) is 3.57. The van der Waals surface area contributed by atoms with Crippen molar-refractivity contribution >= 4 is 30.6 Å². The Morgan fingerprint density at radius 1 is 1.27 bits per heavy atom. The molecule has 1 heterocycles. The molecule has 0 fully saturated rings. The third kappa shape index (κ3) is 1.96. The fourth-order valence-corrected chi connectivity index (χ4v) is 2.57. The molecule has 0 N–H and O–H groups in total. The third-order valence-electron chi connectivity index (χ3n) is 2.13. The molecule has 1 aromatic carbocycles. The molecule has 0 amide bonds. The van der Waals surface area contributed by atoms with Crippen LogP contribution in [-0.4, -0.2) is 13.4 Å². The number of aryl methyl sites for hydroxylation is 1. The van der Waals surface area contributed by atoms with Gasteiger partial charge in [-0.2, -0.15) is 0 Å². The summed E-state index contributed by atoms with van der Waals surface area (Å²) in [7, 11) is 1.58. The Balaban J connectivity index is 2.84. The van der Waals surface area contributed by atoms with Crippen LogP contribution in [0.15, 0.2) is 35.2 Å². The molecule has 5 heteroatoms. The molecule has 3 nitrogen and oxygen atoms in total. The van der Waals surface area contributed by atoms with Crippen molar-refractivity contribution in [3.05, 3.63) is 36.0 Å². The van der Waals surface area contributed by atoms with Gasteiger partial charge in [0.05, 0.1) is 11.2 Å². The number of rotatable bonds is 1. The summed E-state index contributed by atoms with van der Waals surface area (Å²) in [5.74, 6) is 0. The molecule has 15 heavy (non-hydrogen) atoms. The minimum absolute atomic E-state index is 0.0721. The fraction of sp³-hybridized carbons (Fsp3) is 0.100. The molecule has 0 spiro atoms. The van der Waals surface area contributed by atoms with E-state index in [0.717, 1.165) is 10.9 Å². The van der Waals surface area contributed by atoms with Crippen LogP contribution < -0.4 is 0 Å². The van der Waals surface area contributed by atoms with Gasteiger partial charge in [-0.25, -0.2) is 8.42 Å². The maximum atomic E-state index is 11.2. The molecular weight excluding hydrogens is 234 g/mol. The van der Waals surface area contributed by atoms with Crippen molar-refractivity contribution < 1.29 is 8.42 Å². The van der Waals surface area contributed by atoms with E-state index >= 15 is 0 Å². The zero-order chi connectivity index (χ0) is 11.1. The van der Waals surface area contributed by atoms with Gasteiger partial charge in [0.15, 0.2) is 0 Å². The van der Waals surface area contributed by atoms with E-state index in [9.17, 15) is 8.42 Å². The lowest BCUT2D eigenvalue weighted by atomic mass is 10.2. The SMILES string of the molecule is Cc1nc2ccccc2cc1S(=O)(=O)Cl. The number of nitrogens with zero attached hydrogens (tertiary/aromatic N) is 1. The van der Waals surface area contributed by atoms with Crippen molar-refractivity contribution in [3.63, 3.8) is 0 Å². The van der Waals surface area contributed by atoms with E-state index in [4.69, 9.17) is 10.7 Å². The van der Waals surface area contributed by atoms with Crippen LogP contribution in [0.2, 0.25) is 0 Å². The van der Waals surface area contributed by atoms with E-state index in [0.29, 0.717) is 5.69 Å². The monoisotopic (exact) mass is 241 g/mol. The standard InChI is InChI=1S/C10H8ClNO2S/c1-7-10(15(11,13)14)6-8-4-2-3-5-9(8)12-7/h2-6H,1H3. The summed E-state index contributed by atoms with van der Waals surface area (Å²) in [6.45, 7) is 1.63. The van der Waals surface area contributed by atoms with Crippen LogP contribution in [0.1, 0.15) is 5.69 Å². The van der Waals surface area contributed by atoms with Gasteiger partial charge in [0.25, 0.3) is 9.05 Å². The van der Waals surface area contributed by atoms with E-state index < -0.39 is 9.05 Å². The lowest BCUT2D eigenvalue weighted by Gasteiger charge is -2.03. The van der Waals surface area contributed by atoms with Crippen LogP contribution in [0, 0.1) is 6.92 Å². The highest BCUT2D eigenvalue weighted by Crippen LogP contribution is 2.22. The van der Waals surface area contributed by atoms with E-state index in [-0.39, 0.29) is 4.90 Å². The first-order valence-corrected chi connectivity index (χ1v) is 6.60. The number of hydrogen-bond donors (Lipinski definition) is 0. The van der Waals surface area contributed by atoms with Crippen molar-refractivity contribution in [2.75, 3.05) is 0 Å². The van der Waals surface area contributed by atoms with Crippen molar-refractivity contribution in [2.24, 2.45) is 0 Å². The first kappa shape index (κ1) is 10.4. The number of pyridine rings is 1. The number of hydrogen-bond acceptors (Lipinski definition) is 3. The predicted octanol–water partition coefficient (Wildman–Crippen LogP) is 2.47. The van der Waals surface area contributed by atoms with Crippen molar-refractivity contribution in [2.45, 2.75) is 11.8 Å². The molecular formula is C10H8ClNO2S. The number of aromatic nitrogens is 1. The Hall–Kier alpha value is -1.13. The van der Waals surface area contributed by atoms with Gasteiger partial charge >= 0.3 is 0 Å². The maximum absolute atomic E-state index is 11.2. The van der Waals surface area contributed by atoms with Crippen molar-refractivity contribution in [1.29, 1.82) is 0 Å². The number of para-hydroxylation sites is 1. The number of benzene rings is 1. The number of halogens is 1. The van der Waals surface area contributed by atoms with Crippen LogP contribution in [-0.2, 0) is 9.05 Å². The summed E-state index contributed by atoms with van der Waals surface area (Å²) in [5.41, 5.74) is 1.18. The molecule has 0 atom stereocenters. The number of fused-ring (bicyclic) bond motifs is 1. The molecule has 0 aliphatic heterocycles. The Labute approximate surface area is 92.1 Å². The minimum atomic E-state index is -3.72. The van der Waals surface area contributed by atoms with Crippen molar-refractivity contribution in [1.82, 2.24) is 4.98 Å². The molecule has 0 aliphatic rings. The molecule has 0 bridgehead atoms. The second-order valence-electron chi connectivity index (χ2n) is 3.20. The zero-order valence-corrected chi connectivity index (χ0v) is 9.51. The normalized spacial score (nSPS) is 11.9. The van der Waals surface area contributed by atoms with Crippen LogP contribution in [0.25, 0.3) is 10.9 Å². The van der Waals surface area contributed by atoms with Crippen LogP contribution in [0.4, 0.5) is 0 Å². The topological polar surface area (TPSA) is 47.0 Å². The molecule has 78 valence electrons. The second kappa shape index (κ2) is 3.47. The maximum Gasteiger partial charge on any atom is 0.263 e. The summed E-state index contributed by atoms with van der Waals surface area (Å²) in [4.78, 5) is 4.25. The largest absolute Gasteiger partial charge is 0.263 e. The lowest BCUT2D eigenvalue weighted by molar-refractivity contribution is 0.608. The van der Waals surface area contributed by atoms with Gasteiger partial charge < -0.3 is 0 Å². The molecule has 1 aromatic heterocycles. The molecule has 2 rings (SSSR count). The van der Waals surface area contributed by atoms with Gasteiger partial charge in [-0.05, 0) is 19.1 Å². The van der Waals surface area contributed by atoms with E-state index in [2.05, 4.69) is 4.98 Å². The average molecular weight is 242 g/mol. The highest BCUT2D eigenvalue weighted by Gasteiger charge is 2.15. The Bertz CT molecular complexity index is 622. The Kier molecular flexibility index (Phi) is 2.40. The Morgan fingerprint density at radius 3 is 2.60 bits per heavy atom. The van der Waals surface area contributed by atoms with Gasteiger partial charge in [-0.3, -0.25) is 4.98 Å². The van der Waals surface area contributed by atoms with Crippen LogP contribution >= 0.6 is 10.7 Å². The summed E-state index contributed by atoms with van der Waals surface area (Å²) in [6, 6.07) is 8.84. The lowest BCUT2D eigenvalue weighted by Crippen LogP contribution is -1.97. The zero-order valence-electron chi connectivity index (χ0n) is 7.94. The fourth-order valence-electron chi connectivity index (χ4n) is 1.44. The van der Waals surface area contributed by atoms with Crippen LogP contribution in [0.5, 0.6) is 0 Å². The second-order valence-corrected chi connectivity index (χ2v) is 5.74. The van der Waals surface area contributed by atoms with E-state index in [1.54, 1.807) is 19.1 Å². The summed E-state index contributed by atoms with van der Waals surface area (Å²) >= 11 is 0. The van der Waals surface area contributed by atoms with Gasteiger partial charge in [0.2, 0.25) is 0 Å². The highest BCUT2D eigenvalue weighted by molar-refractivity contribution is 8.13. The molecule has 0 radical (unpaired) electrons. The first-order valence-electron chi connectivity index (χ1n) is 4.29. The summed E-state index contributed by atoms with van der Waals surface area (Å²) < 4.78 is 22.4. The molecule has 0 aliphatic carbocycles.